The molecule has 0 heterocycles. The van der Waals surface area contributed by atoms with Gasteiger partial charge in [-0.3, -0.25) is 4.79 Å². The zero-order valence-corrected chi connectivity index (χ0v) is 17.8. The van der Waals surface area contributed by atoms with Crippen LogP contribution in [0.4, 0.5) is 0 Å². The van der Waals surface area contributed by atoms with E-state index < -0.39 is 11.5 Å². The highest BCUT2D eigenvalue weighted by atomic mass is 16.4. The van der Waals surface area contributed by atoms with E-state index in [4.69, 9.17) is 5.73 Å². The Kier molecular flexibility index (Phi) is 16.2. The highest BCUT2D eigenvalue weighted by Crippen LogP contribution is 2.17. The molecule has 0 radical (unpaired) electrons. The summed E-state index contributed by atoms with van der Waals surface area (Å²) in [5.74, 6) is -1.52. The number of nitrogens with two attached hydrogens (primary N) is 1. The van der Waals surface area contributed by atoms with Gasteiger partial charge in [-0.2, -0.15) is 0 Å². The molecule has 1 atom stereocenters. The van der Waals surface area contributed by atoms with E-state index >= 15 is 0 Å². The maximum absolute atomic E-state index is 12.1. The summed E-state index contributed by atoms with van der Waals surface area (Å²) in [7, 11) is 0. The number of carbonyl (C=O) groups is 2. The van der Waals surface area contributed by atoms with E-state index in [1.807, 2.05) is 6.92 Å². The summed E-state index contributed by atoms with van der Waals surface area (Å²) in [6, 6.07) is 0. The van der Waals surface area contributed by atoms with E-state index in [9.17, 15) is 14.7 Å². The van der Waals surface area contributed by atoms with Gasteiger partial charge in [0.1, 0.15) is 0 Å². The van der Waals surface area contributed by atoms with Crippen LogP contribution in [0.15, 0.2) is 12.2 Å². The van der Waals surface area contributed by atoms with Crippen LogP contribution in [0.1, 0.15) is 117 Å². The van der Waals surface area contributed by atoms with Crippen LogP contribution in [0.5, 0.6) is 0 Å². The van der Waals surface area contributed by atoms with E-state index in [2.05, 4.69) is 19.1 Å². The summed E-state index contributed by atoms with van der Waals surface area (Å²) in [4.78, 5) is 23.4. The second-order valence-corrected chi connectivity index (χ2v) is 7.78. The van der Waals surface area contributed by atoms with Gasteiger partial charge in [-0.1, -0.05) is 83.8 Å². The van der Waals surface area contributed by atoms with Crippen LogP contribution < -0.4 is 5.73 Å². The summed E-state index contributed by atoms with van der Waals surface area (Å²) >= 11 is 0. The first-order valence-electron chi connectivity index (χ1n) is 11.2. The molecule has 4 nitrogen and oxygen atoms in total. The van der Waals surface area contributed by atoms with Crippen molar-refractivity contribution < 1.29 is 14.7 Å². The van der Waals surface area contributed by atoms with E-state index in [1.54, 1.807) is 0 Å². The van der Waals surface area contributed by atoms with Crippen molar-refractivity contribution in [1.29, 1.82) is 0 Å². The SMILES string of the molecule is CCCCCCCC/C=C\CCCCCCCC(=O)C(N)(CCC)C(=O)O. The predicted octanol–water partition coefficient (Wildman–Crippen LogP) is 6.18. The lowest BCUT2D eigenvalue weighted by molar-refractivity contribution is -0.148. The number of rotatable bonds is 19. The minimum atomic E-state index is -1.68. The second-order valence-electron chi connectivity index (χ2n) is 7.78. The van der Waals surface area contributed by atoms with Gasteiger partial charge in [-0.15, -0.1) is 0 Å². The van der Waals surface area contributed by atoms with E-state index in [0.717, 1.165) is 32.1 Å². The molecular formula is C23H43NO3. The molecule has 0 aliphatic carbocycles. The van der Waals surface area contributed by atoms with Crippen molar-refractivity contribution in [1.82, 2.24) is 0 Å². The molecule has 0 bridgehead atoms. The fraction of sp³-hybridized carbons (Fsp3) is 0.826. The predicted molar refractivity (Wildman–Crippen MR) is 114 cm³/mol. The first-order valence-corrected chi connectivity index (χ1v) is 11.2. The Balaban J connectivity index is 3.57. The number of carboxylic acid groups (broad SMARTS) is 1. The fourth-order valence-electron chi connectivity index (χ4n) is 3.34. The third-order valence-electron chi connectivity index (χ3n) is 5.19. The standard InChI is InChI=1S/C23H43NO3/c1-3-5-6-7-8-9-10-11-12-13-14-15-16-17-18-19-21(25)23(24,20-4-2)22(26)27/h11-12H,3-10,13-20,24H2,1-2H3,(H,26,27)/b12-11-. The third-order valence-corrected chi connectivity index (χ3v) is 5.19. The molecule has 3 N–H and O–H groups in total. The Morgan fingerprint density at radius 1 is 0.778 bits per heavy atom. The monoisotopic (exact) mass is 381 g/mol. The van der Waals surface area contributed by atoms with Crippen molar-refractivity contribution in [3.05, 3.63) is 12.2 Å². The van der Waals surface area contributed by atoms with Gasteiger partial charge in [0.15, 0.2) is 11.3 Å². The number of hydrogen-bond donors (Lipinski definition) is 2. The maximum atomic E-state index is 12.1. The Morgan fingerprint density at radius 2 is 1.26 bits per heavy atom. The van der Waals surface area contributed by atoms with Gasteiger partial charge in [0.2, 0.25) is 0 Å². The Morgan fingerprint density at radius 3 is 1.74 bits per heavy atom. The molecule has 27 heavy (non-hydrogen) atoms. The molecule has 0 spiro atoms. The topological polar surface area (TPSA) is 80.4 Å². The third kappa shape index (κ3) is 12.8. The zero-order chi connectivity index (χ0) is 20.4. The van der Waals surface area contributed by atoms with Crippen LogP contribution in [0, 0.1) is 0 Å². The molecule has 4 heteroatoms. The van der Waals surface area contributed by atoms with Crippen molar-refractivity contribution in [2.45, 2.75) is 122 Å². The molecule has 1 unspecified atom stereocenters. The molecular weight excluding hydrogens is 338 g/mol. The summed E-state index contributed by atoms with van der Waals surface area (Å²) in [6.45, 7) is 4.10. The van der Waals surface area contributed by atoms with E-state index in [-0.39, 0.29) is 18.6 Å². The molecule has 0 saturated carbocycles. The summed E-state index contributed by atoms with van der Waals surface area (Å²) < 4.78 is 0. The van der Waals surface area contributed by atoms with Crippen LogP contribution in [0.25, 0.3) is 0 Å². The van der Waals surface area contributed by atoms with Crippen molar-refractivity contribution in [2.24, 2.45) is 5.73 Å². The van der Waals surface area contributed by atoms with Gasteiger partial charge >= 0.3 is 5.97 Å². The average Bonchev–Trinajstić information content (AvgIpc) is 2.64. The zero-order valence-electron chi connectivity index (χ0n) is 17.8. The number of carbonyl (C=O) groups excluding carboxylic acids is 1. The van der Waals surface area contributed by atoms with Gasteiger partial charge < -0.3 is 10.8 Å². The number of unbranched alkanes of at least 4 members (excludes halogenated alkanes) is 11. The average molecular weight is 382 g/mol. The van der Waals surface area contributed by atoms with Crippen LogP contribution in [-0.4, -0.2) is 22.4 Å². The Labute approximate surface area is 167 Å². The first-order chi connectivity index (χ1) is 13.0. The minimum Gasteiger partial charge on any atom is -0.480 e. The largest absolute Gasteiger partial charge is 0.480 e. The molecule has 0 aliphatic heterocycles. The van der Waals surface area contributed by atoms with Crippen LogP contribution >= 0.6 is 0 Å². The molecule has 0 rings (SSSR count). The lowest BCUT2D eigenvalue weighted by Gasteiger charge is -2.22. The van der Waals surface area contributed by atoms with Gasteiger partial charge in [0.25, 0.3) is 0 Å². The molecule has 0 amide bonds. The maximum Gasteiger partial charge on any atom is 0.331 e. The van der Waals surface area contributed by atoms with Crippen molar-refractivity contribution in [3.63, 3.8) is 0 Å². The number of aliphatic carboxylic acids is 1. The summed E-state index contributed by atoms with van der Waals surface area (Å²) in [5, 5.41) is 9.21. The van der Waals surface area contributed by atoms with Gasteiger partial charge in [0, 0.05) is 6.42 Å². The summed E-state index contributed by atoms with van der Waals surface area (Å²) in [6.07, 6.45) is 21.3. The van der Waals surface area contributed by atoms with Crippen LogP contribution in [0.3, 0.4) is 0 Å². The molecule has 0 aromatic rings. The van der Waals surface area contributed by atoms with Crippen molar-refractivity contribution in [3.8, 4) is 0 Å². The Bertz CT molecular complexity index is 420. The number of hydrogen-bond acceptors (Lipinski definition) is 3. The molecule has 0 fully saturated rings. The van der Waals surface area contributed by atoms with Crippen LogP contribution in [0.2, 0.25) is 0 Å². The van der Waals surface area contributed by atoms with E-state index in [0.29, 0.717) is 6.42 Å². The quantitative estimate of drug-likeness (QED) is 0.159. The fourth-order valence-corrected chi connectivity index (χ4v) is 3.34. The van der Waals surface area contributed by atoms with Crippen molar-refractivity contribution >= 4 is 11.8 Å². The number of ketones is 1. The highest BCUT2D eigenvalue weighted by molar-refractivity contribution is 6.07. The van der Waals surface area contributed by atoms with Crippen molar-refractivity contribution in [2.75, 3.05) is 0 Å². The molecule has 158 valence electrons. The number of Topliss-reactive ketones (excluding diaryl/α,β-unsaturated/α-hetero) is 1. The van der Waals surface area contributed by atoms with Gasteiger partial charge in [0.05, 0.1) is 0 Å². The Hall–Kier alpha value is -1.16. The molecule has 0 aromatic carbocycles. The second kappa shape index (κ2) is 17.0. The lowest BCUT2D eigenvalue weighted by atomic mass is 9.87. The minimum absolute atomic E-state index is 0.215. The highest BCUT2D eigenvalue weighted by Gasteiger charge is 2.40. The molecule has 0 saturated heterocycles. The van der Waals surface area contributed by atoms with Gasteiger partial charge in [-0.05, 0) is 38.5 Å². The lowest BCUT2D eigenvalue weighted by Crippen LogP contribution is -2.54. The molecule has 0 aliphatic rings. The van der Waals surface area contributed by atoms with E-state index in [1.165, 1.54) is 51.4 Å². The smallest absolute Gasteiger partial charge is 0.331 e. The normalized spacial score (nSPS) is 13.7. The van der Waals surface area contributed by atoms with Crippen LogP contribution in [-0.2, 0) is 9.59 Å². The number of carboxylic acids is 1. The first kappa shape index (κ1) is 25.8. The molecule has 0 aromatic heterocycles. The van der Waals surface area contributed by atoms with Gasteiger partial charge in [-0.25, -0.2) is 4.79 Å². The summed E-state index contributed by atoms with van der Waals surface area (Å²) in [5.41, 5.74) is 4.11. The number of allylic oxidation sites excluding steroid dienone is 2.